The second kappa shape index (κ2) is 7.02. The molecule has 3 aromatic heterocycles. The molecular formula is C22H17ClN4S. The van der Waals surface area contributed by atoms with Crippen molar-refractivity contribution in [1.82, 2.24) is 14.5 Å². The molecular weight excluding hydrogens is 388 g/mol. The molecule has 5 rings (SSSR count). The molecule has 0 amide bonds. The molecule has 0 aliphatic carbocycles. The number of nitrogens with zero attached hydrogens (tertiary/aromatic N) is 3. The van der Waals surface area contributed by atoms with E-state index in [-0.39, 0.29) is 0 Å². The Morgan fingerprint density at radius 3 is 2.71 bits per heavy atom. The lowest BCUT2D eigenvalue weighted by molar-refractivity contribution is 0.966. The molecule has 5 aromatic rings. The molecule has 138 valence electrons. The van der Waals surface area contributed by atoms with Crippen molar-refractivity contribution in [3.05, 3.63) is 76.3 Å². The molecule has 0 aliphatic rings. The highest BCUT2D eigenvalue weighted by Crippen LogP contribution is 2.32. The average Bonchev–Trinajstić information content (AvgIpc) is 3.38. The monoisotopic (exact) mass is 404 g/mol. The van der Waals surface area contributed by atoms with E-state index >= 15 is 0 Å². The summed E-state index contributed by atoms with van der Waals surface area (Å²) >= 11 is 8.31. The highest BCUT2D eigenvalue weighted by atomic mass is 35.5. The van der Waals surface area contributed by atoms with Crippen LogP contribution in [0, 0.1) is 0 Å². The number of hydrogen-bond acceptors (Lipinski definition) is 4. The van der Waals surface area contributed by atoms with Crippen molar-refractivity contribution in [3.63, 3.8) is 0 Å². The zero-order chi connectivity index (χ0) is 19.1. The summed E-state index contributed by atoms with van der Waals surface area (Å²) in [7, 11) is 0. The van der Waals surface area contributed by atoms with Crippen molar-refractivity contribution in [1.29, 1.82) is 0 Å². The first kappa shape index (κ1) is 17.4. The fraction of sp³-hybridized carbons (Fsp3) is 0.0909. The lowest BCUT2D eigenvalue weighted by atomic mass is 10.1. The van der Waals surface area contributed by atoms with E-state index in [4.69, 9.17) is 17.3 Å². The summed E-state index contributed by atoms with van der Waals surface area (Å²) < 4.78 is 2.05. The van der Waals surface area contributed by atoms with Crippen molar-refractivity contribution in [2.45, 2.75) is 6.42 Å². The lowest BCUT2D eigenvalue weighted by Crippen LogP contribution is -2.03. The fourth-order valence-electron chi connectivity index (χ4n) is 3.55. The molecule has 0 fully saturated rings. The third kappa shape index (κ3) is 2.88. The summed E-state index contributed by atoms with van der Waals surface area (Å²) in [5.74, 6) is 0. The van der Waals surface area contributed by atoms with E-state index in [1.165, 1.54) is 11.1 Å². The van der Waals surface area contributed by atoms with Gasteiger partial charge in [-0.25, -0.2) is 4.98 Å². The Hall–Kier alpha value is -2.73. The van der Waals surface area contributed by atoms with Gasteiger partial charge in [-0.3, -0.25) is 9.55 Å². The first-order valence-corrected chi connectivity index (χ1v) is 10.3. The van der Waals surface area contributed by atoms with Crippen molar-refractivity contribution >= 4 is 44.9 Å². The number of aromatic nitrogens is 3. The fourth-order valence-corrected chi connectivity index (χ4v) is 4.51. The zero-order valence-electron chi connectivity index (χ0n) is 15.0. The minimum Gasteiger partial charge on any atom is -0.330 e. The standard InChI is InChI=1S/C22H17ClN4S/c23-18-9-14(5-7-24)1-4-21(18)27-13-26-20-11-25-19-3-2-15(10-17(19)22(20)27)16-6-8-28-12-16/h1-4,6,8-13H,5,7,24H2. The van der Waals surface area contributed by atoms with Crippen LogP contribution in [0.5, 0.6) is 0 Å². The van der Waals surface area contributed by atoms with Crippen LogP contribution in [0.25, 0.3) is 38.8 Å². The molecule has 0 bridgehead atoms. The summed E-state index contributed by atoms with van der Waals surface area (Å²) in [6.07, 6.45) is 4.43. The quantitative estimate of drug-likeness (QED) is 0.433. The summed E-state index contributed by atoms with van der Waals surface area (Å²) in [5, 5.41) is 5.98. The van der Waals surface area contributed by atoms with Crippen LogP contribution in [-0.2, 0) is 6.42 Å². The molecule has 0 unspecified atom stereocenters. The van der Waals surface area contributed by atoms with Crippen LogP contribution in [-0.4, -0.2) is 21.1 Å². The Balaban J connectivity index is 1.75. The Morgan fingerprint density at radius 2 is 1.93 bits per heavy atom. The second-order valence-corrected chi connectivity index (χ2v) is 7.86. The maximum Gasteiger partial charge on any atom is 0.108 e. The van der Waals surface area contributed by atoms with Gasteiger partial charge in [0.1, 0.15) is 11.8 Å². The number of thiophene rings is 1. The van der Waals surface area contributed by atoms with Gasteiger partial charge in [0.25, 0.3) is 0 Å². The maximum absolute atomic E-state index is 6.62. The lowest BCUT2D eigenvalue weighted by Gasteiger charge is -2.11. The van der Waals surface area contributed by atoms with Crippen LogP contribution in [0.1, 0.15) is 5.56 Å². The smallest absolute Gasteiger partial charge is 0.108 e. The number of halogens is 1. The second-order valence-electron chi connectivity index (χ2n) is 6.68. The van der Waals surface area contributed by atoms with Crippen LogP contribution < -0.4 is 5.73 Å². The number of fused-ring (bicyclic) bond motifs is 3. The molecule has 0 saturated heterocycles. The number of nitrogens with two attached hydrogens (primary N) is 1. The van der Waals surface area contributed by atoms with E-state index in [1.807, 2.05) is 29.2 Å². The summed E-state index contributed by atoms with van der Waals surface area (Å²) in [6, 6.07) is 14.6. The number of imidazole rings is 1. The Kier molecular flexibility index (Phi) is 4.36. The molecule has 0 aliphatic heterocycles. The Morgan fingerprint density at radius 1 is 1.00 bits per heavy atom. The van der Waals surface area contributed by atoms with Crippen molar-refractivity contribution in [2.75, 3.05) is 6.54 Å². The van der Waals surface area contributed by atoms with Gasteiger partial charge < -0.3 is 5.73 Å². The largest absolute Gasteiger partial charge is 0.330 e. The third-order valence-corrected chi connectivity index (χ3v) is 5.92. The van der Waals surface area contributed by atoms with E-state index in [9.17, 15) is 0 Å². The molecule has 0 spiro atoms. The molecule has 4 nitrogen and oxygen atoms in total. The van der Waals surface area contributed by atoms with Crippen molar-refractivity contribution in [2.24, 2.45) is 5.73 Å². The van der Waals surface area contributed by atoms with Crippen LogP contribution >= 0.6 is 22.9 Å². The zero-order valence-corrected chi connectivity index (χ0v) is 16.5. The van der Waals surface area contributed by atoms with Crippen LogP contribution in [0.4, 0.5) is 0 Å². The van der Waals surface area contributed by atoms with Crippen molar-refractivity contribution < 1.29 is 0 Å². The van der Waals surface area contributed by atoms with E-state index in [0.29, 0.717) is 11.6 Å². The van der Waals surface area contributed by atoms with Crippen molar-refractivity contribution in [3.8, 4) is 16.8 Å². The normalized spacial score (nSPS) is 11.5. The minimum atomic E-state index is 0.603. The van der Waals surface area contributed by atoms with Gasteiger partial charge in [0.05, 0.1) is 27.9 Å². The van der Waals surface area contributed by atoms with E-state index in [1.54, 1.807) is 11.3 Å². The van der Waals surface area contributed by atoms with Gasteiger partial charge in [-0.15, -0.1) is 0 Å². The maximum atomic E-state index is 6.62. The molecule has 0 radical (unpaired) electrons. The van der Waals surface area contributed by atoms with E-state index < -0.39 is 0 Å². The molecule has 2 aromatic carbocycles. The average molecular weight is 405 g/mol. The van der Waals surface area contributed by atoms with Gasteiger partial charge in [0, 0.05) is 5.39 Å². The van der Waals surface area contributed by atoms with Crippen LogP contribution in [0.3, 0.4) is 0 Å². The predicted molar refractivity (Wildman–Crippen MR) is 117 cm³/mol. The Bertz CT molecular complexity index is 1290. The summed E-state index contributed by atoms with van der Waals surface area (Å²) in [4.78, 5) is 9.14. The van der Waals surface area contributed by atoms with E-state index in [0.717, 1.165) is 39.6 Å². The predicted octanol–water partition coefficient (Wildman–Crippen LogP) is 5.46. The molecule has 3 heterocycles. The number of rotatable bonds is 4. The van der Waals surface area contributed by atoms with Gasteiger partial charge in [-0.2, -0.15) is 11.3 Å². The summed E-state index contributed by atoms with van der Waals surface area (Å²) in [5.41, 5.74) is 12.9. The molecule has 0 saturated carbocycles. The van der Waals surface area contributed by atoms with E-state index in [2.05, 4.69) is 51.1 Å². The summed E-state index contributed by atoms with van der Waals surface area (Å²) in [6.45, 7) is 0.603. The van der Waals surface area contributed by atoms with Crippen LogP contribution in [0.2, 0.25) is 5.02 Å². The molecule has 2 N–H and O–H groups in total. The van der Waals surface area contributed by atoms with Gasteiger partial charge in [0.15, 0.2) is 0 Å². The number of pyridine rings is 1. The third-order valence-electron chi connectivity index (χ3n) is 4.93. The highest BCUT2D eigenvalue weighted by molar-refractivity contribution is 7.08. The molecule has 6 heteroatoms. The Labute approximate surface area is 171 Å². The number of benzene rings is 2. The first-order valence-electron chi connectivity index (χ1n) is 9.02. The minimum absolute atomic E-state index is 0.603. The SMILES string of the molecule is NCCc1ccc(-n2cnc3cnc4ccc(-c5ccsc5)cc4c32)c(Cl)c1. The van der Waals surface area contributed by atoms with Gasteiger partial charge in [-0.05, 0) is 70.7 Å². The highest BCUT2D eigenvalue weighted by Gasteiger charge is 2.13. The molecule has 28 heavy (non-hydrogen) atoms. The molecule has 0 atom stereocenters. The van der Waals surface area contributed by atoms with Crippen LogP contribution in [0.15, 0.2) is 65.7 Å². The van der Waals surface area contributed by atoms with Gasteiger partial charge in [0.2, 0.25) is 0 Å². The first-order chi connectivity index (χ1) is 13.7. The van der Waals surface area contributed by atoms with Gasteiger partial charge >= 0.3 is 0 Å². The topological polar surface area (TPSA) is 56.7 Å². The van der Waals surface area contributed by atoms with Gasteiger partial charge in [-0.1, -0.05) is 23.7 Å². The number of hydrogen-bond donors (Lipinski definition) is 1.